The van der Waals surface area contributed by atoms with Gasteiger partial charge in [-0.3, -0.25) is 0 Å². The molecule has 0 bridgehead atoms. The lowest BCUT2D eigenvalue weighted by Crippen LogP contribution is -2.18. The van der Waals surface area contributed by atoms with E-state index in [2.05, 4.69) is 112 Å². The second-order valence-corrected chi connectivity index (χ2v) is 9.05. The first-order valence-corrected chi connectivity index (χ1v) is 18.1. The van der Waals surface area contributed by atoms with Crippen molar-refractivity contribution in [1.29, 1.82) is 0 Å². The highest BCUT2D eigenvalue weighted by Gasteiger charge is 2.06. The summed E-state index contributed by atoms with van der Waals surface area (Å²) in [6.07, 6.45) is 3.75. The number of hydrogen-bond donors (Lipinski definition) is 9. The Morgan fingerprint density at radius 1 is 0.400 bits per heavy atom. The third-order valence-corrected chi connectivity index (χ3v) is 3.03. The fourth-order valence-corrected chi connectivity index (χ4v) is 0.433. The predicted molar refractivity (Wildman–Crippen MR) is 276 cm³/mol. The molecule has 18 nitrogen and oxygen atoms in total. The number of ether oxygens (including phenoxy) is 1. The van der Waals surface area contributed by atoms with E-state index in [1.807, 2.05) is 88.9 Å². The molecule has 0 aromatic carbocycles. The molecule has 0 saturated heterocycles. The molecule has 0 aliphatic carbocycles. The highest BCUT2D eigenvalue weighted by Crippen LogP contribution is 2.04. The van der Waals surface area contributed by atoms with Crippen LogP contribution in [0, 0.1) is 17.8 Å². The Morgan fingerprint density at radius 2 is 0.467 bits per heavy atom. The van der Waals surface area contributed by atoms with E-state index in [0.29, 0.717) is 0 Å². The number of rotatable bonds is 4. The van der Waals surface area contributed by atoms with Crippen molar-refractivity contribution < 1.29 is 48.2 Å². The van der Waals surface area contributed by atoms with Gasteiger partial charge in [0.1, 0.15) is 54.3 Å². The van der Waals surface area contributed by atoms with Gasteiger partial charge < -0.3 is 95.3 Å². The normalized spacial score (nSPS) is 5.63. The minimum absolute atomic E-state index is 0. The highest BCUT2D eigenvalue weighted by molar-refractivity contribution is 5.11. The Bertz CT molecular complexity index is 315. The summed E-state index contributed by atoms with van der Waals surface area (Å²) in [5, 5.41) is 8.06. The summed E-state index contributed by atoms with van der Waals surface area (Å²) in [5.41, 5.74) is 22.6. The van der Waals surface area contributed by atoms with Gasteiger partial charge in [-0.25, -0.2) is 0 Å². The van der Waals surface area contributed by atoms with Crippen LogP contribution in [-0.2, 0) is 43.1 Å². The van der Waals surface area contributed by atoms with Crippen LogP contribution >= 0.6 is 0 Å². The Balaban J connectivity index is -0.0000000105. The summed E-state index contributed by atoms with van der Waals surface area (Å²) in [4.78, 5) is 64.0. The first kappa shape index (κ1) is 164. The zero-order valence-corrected chi connectivity index (χ0v) is 44.4. The molecule has 0 unspecified atom stereocenters. The van der Waals surface area contributed by atoms with Crippen molar-refractivity contribution >= 4 is 54.3 Å². The van der Waals surface area contributed by atoms with Gasteiger partial charge in [0.15, 0.2) is 0 Å². The van der Waals surface area contributed by atoms with Gasteiger partial charge in [-0.05, 0) is 94.5 Å². The molecule has 0 aromatic rings. The minimum atomic E-state index is -0.167. The predicted octanol–water partition coefficient (Wildman–Crippen LogP) is 7.94. The van der Waals surface area contributed by atoms with Crippen molar-refractivity contribution in [2.24, 2.45) is 46.4 Å². The lowest BCUT2D eigenvalue weighted by Gasteiger charge is -2.17. The van der Waals surface area contributed by atoms with Crippen molar-refractivity contribution in [2.75, 3.05) is 41.8 Å². The van der Waals surface area contributed by atoms with Crippen LogP contribution in [0.2, 0.25) is 0 Å². The molecule has 0 atom stereocenters. The number of hydrogen-bond acceptors (Lipinski definition) is 18. The average Bonchev–Trinajstić information content (AvgIpc) is 3.28. The summed E-state index contributed by atoms with van der Waals surface area (Å²) in [6, 6.07) is 0. The van der Waals surface area contributed by atoms with E-state index in [1.54, 1.807) is 13.8 Å². The first-order valence-electron chi connectivity index (χ1n) is 18.1. The van der Waals surface area contributed by atoms with Gasteiger partial charge in [-0.1, -0.05) is 117 Å². The van der Waals surface area contributed by atoms with Crippen molar-refractivity contribution in [1.82, 2.24) is 18.5 Å². The molecule has 0 aliphatic heterocycles. The quantitative estimate of drug-likeness (QED) is 0.129. The largest absolute Gasteiger partial charge is 0.394 e. The van der Waals surface area contributed by atoms with Crippen molar-refractivity contribution in [2.45, 2.75) is 170 Å². The molecule has 0 rings (SSSR count). The van der Waals surface area contributed by atoms with E-state index in [1.165, 1.54) is 54.5 Å². The number of carbonyl (C=O) groups is 8. The maximum absolute atomic E-state index is 8.06. The molecule has 392 valence electrons. The number of aliphatic hydroxyl groups excluding tert-OH is 1. The van der Waals surface area contributed by atoms with Crippen LogP contribution in [0.15, 0.2) is 0 Å². The second-order valence-electron chi connectivity index (χ2n) is 9.05. The molecule has 0 heterocycles. The summed E-state index contributed by atoms with van der Waals surface area (Å²) < 4.78 is 5.23. The van der Waals surface area contributed by atoms with Crippen molar-refractivity contribution in [3.05, 3.63) is 0 Å². The average molecular weight is 901 g/mol. The smallest absolute Gasteiger partial charge is 0.106 e. The standard InChI is InChI=1S/C6H14O.3C5H12.C3H8O.2C2H6.5CH5N.8CH2O.CH4.3H3N/c1-5-7-6(2,3)4;3*1-4-5(2)3;1-3(2)4;15*1-2;;;;/h5H2,1-4H3;3*5H,4H2,1-3H3;3-4H,1-2H3;2*1-2H3;5*2H2,1H3;8*1H2;1H4;3*1H3. The van der Waals surface area contributed by atoms with Crippen LogP contribution in [0.4, 0.5) is 0 Å². The number of nitrogens with two attached hydrogens (primary N) is 5. The van der Waals surface area contributed by atoms with E-state index >= 15 is 0 Å². The Hall–Kier alpha value is -3.04. The molecular formula is C42H124N8O10. The fraction of sp³-hybridized carbons (Fsp3) is 0.810. The molecule has 0 amide bonds. The van der Waals surface area contributed by atoms with Crippen LogP contribution < -0.4 is 47.1 Å². The van der Waals surface area contributed by atoms with Crippen LogP contribution in [0.5, 0.6) is 0 Å². The van der Waals surface area contributed by atoms with Gasteiger partial charge in [0.25, 0.3) is 0 Å². The van der Waals surface area contributed by atoms with Gasteiger partial charge in [-0.15, -0.1) is 0 Å². The minimum Gasteiger partial charge on any atom is -0.394 e. The molecule has 0 aliphatic rings. The van der Waals surface area contributed by atoms with Crippen LogP contribution in [-0.4, -0.2) is 113 Å². The monoisotopic (exact) mass is 901 g/mol. The van der Waals surface area contributed by atoms with E-state index in [9.17, 15) is 0 Å². The van der Waals surface area contributed by atoms with Gasteiger partial charge >= 0.3 is 0 Å². The summed E-state index contributed by atoms with van der Waals surface area (Å²) in [6.45, 7) is 56.3. The Morgan fingerprint density at radius 3 is 0.467 bits per heavy atom. The molecule has 0 aromatic heterocycles. The lowest BCUT2D eigenvalue weighted by atomic mass is 10.2. The third-order valence-electron chi connectivity index (χ3n) is 3.03. The fourth-order valence-electron chi connectivity index (χ4n) is 0.433. The lowest BCUT2D eigenvalue weighted by molar-refractivity contribution is -0.0987. The zero-order valence-electron chi connectivity index (χ0n) is 44.4. The maximum Gasteiger partial charge on any atom is 0.106 e. The molecule has 18 heteroatoms. The molecule has 20 N–H and O–H groups in total. The van der Waals surface area contributed by atoms with Crippen molar-refractivity contribution in [3.8, 4) is 0 Å². The molecule has 0 saturated carbocycles. The van der Waals surface area contributed by atoms with E-state index in [0.717, 1.165) is 24.4 Å². The third kappa shape index (κ3) is 3300. The molecule has 0 fully saturated rings. The summed E-state index contributed by atoms with van der Waals surface area (Å²) >= 11 is 0. The van der Waals surface area contributed by atoms with Gasteiger partial charge in [0.05, 0.1) is 5.60 Å². The number of carbonyl (C=O) groups excluding carboxylic acids is 8. The van der Waals surface area contributed by atoms with E-state index < -0.39 is 0 Å². The van der Waals surface area contributed by atoms with E-state index in [4.69, 9.17) is 48.2 Å². The van der Waals surface area contributed by atoms with E-state index in [-0.39, 0.29) is 37.6 Å². The maximum atomic E-state index is 8.06. The molecule has 0 radical (unpaired) electrons. The van der Waals surface area contributed by atoms with Gasteiger partial charge in [0.2, 0.25) is 0 Å². The van der Waals surface area contributed by atoms with Crippen molar-refractivity contribution in [3.63, 3.8) is 0 Å². The molecular weight excluding hydrogens is 777 g/mol. The summed E-state index contributed by atoms with van der Waals surface area (Å²) in [5.74, 6) is 2.65. The van der Waals surface area contributed by atoms with Crippen LogP contribution in [0.1, 0.15) is 158 Å². The molecule has 0 spiro atoms. The highest BCUT2D eigenvalue weighted by atomic mass is 16.5. The second kappa shape index (κ2) is 424. The molecule has 60 heavy (non-hydrogen) atoms. The van der Waals surface area contributed by atoms with Crippen LogP contribution in [0.25, 0.3) is 0 Å². The Labute approximate surface area is 378 Å². The topological polar surface area (TPSA) is 401 Å². The SMILES string of the molecule is C.C=O.C=O.C=O.C=O.C=O.C=O.C=O.C=O.CC.CC.CC(C)O.CCC(C)C.CCC(C)C.CCC(C)C.CCOC(C)(C)C.CN.CN.CN.CN.CN.N.N.N. The summed E-state index contributed by atoms with van der Waals surface area (Å²) in [7, 11) is 7.50. The zero-order chi connectivity index (χ0) is 52.3. The van der Waals surface area contributed by atoms with Gasteiger partial charge in [0, 0.05) is 12.7 Å². The van der Waals surface area contributed by atoms with Crippen LogP contribution in [0.3, 0.4) is 0 Å². The Kier molecular flexibility index (Phi) is 1160. The first-order chi connectivity index (χ1) is 26.6. The number of aliphatic hydroxyl groups is 1. The van der Waals surface area contributed by atoms with Gasteiger partial charge in [-0.2, -0.15) is 0 Å².